The zero-order chi connectivity index (χ0) is 19.5. The number of H-pyrrole nitrogens is 1. The Hall–Kier alpha value is -2.57. The lowest BCUT2D eigenvalue weighted by atomic mass is 9.93. The average molecular weight is 384 g/mol. The van der Waals surface area contributed by atoms with Gasteiger partial charge in [0.25, 0.3) is 5.91 Å². The van der Waals surface area contributed by atoms with Crippen LogP contribution in [0.25, 0.3) is 0 Å². The SMILES string of the molecule is Cc1ccc(CNC(=O)CC[C@@H]2CCCN(C(=O)c3cc(C4CC4)[nH]n3)C2)o1. The second kappa shape index (κ2) is 8.20. The van der Waals surface area contributed by atoms with Gasteiger partial charge < -0.3 is 14.6 Å². The van der Waals surface area contributed by atoms with Gasteiger partial charge in [-0.15, -0.1) is 0 Å². The first-order valence-electron chi connectivity index (χ1n) is 10.2. The summed E-state index contributed by atoms with van der Waals surface area (Å²) >= 11 is 0. The van der Waals surface area contributed by atoms with Crippen LogP contribution < -0.4 is 5.32 Å². The van der Waals surface area contributed by atoms with Crippen LogP contribution in [0.1, 0.15) is 72.1 Å². The molecule has 0 radical (unpaired) electrons. The summed E-state index contributed by atoms with van der Waals surface area (Å²) in [5, 5.41) is 10.1. The maximum Gasteiger partial charge on any atom is 0.274 e. The molecule has 1 aliphatic carbocycles. The molecular formula is C21H28N4O3. The van der Waals surface area contributed by atoms with Crippen LogP contribution in [-0.2, 0) is 11.3 Å². The van der Waals surface area contributed by atoms with Gasteiger partial charge in [0.2, 0.25) is 5.91 Å². The molecular weight excluding hydrogens is 356 g/mol. The molecule has 2 aromatic rings. The van der Waals surface area contributed by atoms with E-state index in [4.69, 9.17) is 4.42 Å². The quantitative estimate of drug-likeness (QED) is 0.767. The van der Waals surface area contributed by atoms with Gasteiger partial charge in [-0.05, 0) is 63.1 Å². The molecule has 1 saturated carbocycles. The molecule has 7 nitrogen and oxygen atoms in total. The van der Waals surface area contributed by atoms with Gasteiger partial charge in [-0.2, -0.15) is 5.10 Å². The van der Waals surface area contributed by atoms with Crippen molar-refractivity contribution in [1.82, 2.24) is 20.4 Å². The molecule has 4 rings (SSSR count). The van der Waals surface area contributed by atoms with E-state index in [1.165, 1.54) is 12.8 Å². The van der Waals surface area contributed by atoms with Crippen molar-refractivity contribution in [2.45, 2.75) is 57.9 Å². The smallest absolute Gasteiger partial charge is 0.274 e. The van der Waals surface area contributed by atoms with Crippen LogP contribution in [0.4, 0.5) is 0 Å². The summed E-state index contributed by atoms with van der Waals surface area (Å²) in [6, 6.07) is 5.68. The number of amides is 2. The normalized spacial score (nSPS) is 19.6. The topological polar surface area (TPSA) is 91.2 Å². The fourth-order valence-corrected chi connectivity index (χ4v) is 3.89. The molecule has 7 heteroatoms. The van der Waals surface area contributed by atoms with E-state index in [0.717, 1.165) is 43.0 Å². The van der Waals surface area contributed by atoms with Crippen molar-refractivity contribution in [3.8, 4) is 0 Å². The van der Waals surface area contributed by atoms with Crippen molar-refractivity contribution < 1.29 is 14.0 Å². The molecule has 2 aromatic heterocycles. The molecule has 2 fully saturated rings. The lowest BCUT2D eigenvalue weighted by molar-refractivity contribution is -0.121. The number of aryl methyl sites for hydroxylation is 1. The number of furan rings is 1. The predicted octanol–water partition coefficient (Wildman–Crippen LogP) is 3.14. The van der Waals surface area contributed by atoms with Crippen molar-refractivity contribution in [2.75, 3.05) is 13.1 Å². The van der Waals surface area contributed by atoms with Crippen LogP contribution in [0.3, 0.4) is 0 Å². The van der Waals surface area contributed by atoms with E-state index in [9.17, 15) is 9.59 Å². The molecule has 2 aliphatic rings. The monoisotopic (exact) mass is 384 g/mol. The third-order valence-corrected chi connectivity index (χ3v) is 5.68. The van der Waals surface area contributed by atoms with Gasteiger partial charge in [-0.25, -0.2) is 0 Å². The number of nitrogens with zero attached hydrogens (tertiary/aromatic N) is 2. The highest BCUT2D eigenvalue weighted by molar-refractivity contribution is 5.92. The van der Waals surface area contributed by atoms with Gasteiger partial charge in [0.1, 0.15) is 17.2 Å². The highest BCUT2D eigenvalue weighted by Gasteiger charge is 2.29. The van der Waals surface area contributed by atoms with Crippen LogP contribution in [0, 0.1) is 12.8 Å². The Morgan fingerprint density at radius 1 is 1.32 bits per heavy atom. The second-order valence-corrected chi connectivity index (χ2v) is 8.07. The summed E-state index contributed by atoms with van der Waals surface area (Å²) in [4.78, 5) is 26.8. The molecule has 1 atom stereocenters. The van der Waals surface area contributed by atoms with Crippen LogP contribution in [0.2, 0.25) is 0 Å². The Kier molecular flexibility index (Phi) is 5.50. The number of hydrogen-bond donors (Lipinski definition) is 2. The molecule has 3 heterocycles. The Morgan fingerprint density at radius 3 is 2.93 bits per heavy atom. The molecule has 150 valence electrons. The second-order valence-electron chi connectivity index (χ2n) is 8.07. The minimum absolute atomic E-state index is 0.00508. The van der Waals surface area contributed by atoms with Gasteiger partial charge in [0, 0.05) is 31.1 Å². The third-order valence-electron chi connectivity index (χ3n) is 5.68. The molecule has 0 spiro atoms. The fourth-order valence-electron chi connectivity index (χ4n) is 3.89. The van der Waals surface area contributed by atoms with E-state index < -0.39 is 0 Å². The fraction of sp³-hybridized carbons (Fsp3) is 0.571. The number of aromatic amines is 1. The number of carbonyl (C=O) groups is 2. The molecule has 0 aromatic carbocycles. The Morgan fingerprint density at radius 2 is 2.18 bits per heavy atom. The standard InChI is InChI=1S/C21H28N4O3/c1-14-4-8-17(28-14)12-22-20(26)9-5-15-3-2-10-25(13-15)21(27)19-11-18(23-24-19)16-6-7-16/h4,8,11,15-16H,2-3,5-7,9-10,12-13H2,1H3,(H,22,26)(H,23,24)/t15-/m0/s1. The molecule has 0 bridgehead atoms. The lowest BCUT2D eigenvalue weighted by Crippen LogP contribution is -2.40. The maximum absolute atomic E-state index is 12.8. The third kappa shape index (κ3) is 4.64. The van der Waals surface area contributed by atoms with Gasteiger partial charge in [-0.3, -0.25) is 14.7 Å². The molecule has 1 saturated heterocycles. The summed E-state index contributed by atoms with van der Waals surface area (Å²) < 4.78 is 5.46. The molecule has 2 N–H and O–H groups in total. The van der Waals surface area contributed by atoms with E-state index >= 15 is 0 Å². The molecule has 28 heavy (non-hydrogen) atoms. The minimum atomic E-state index is 0.00508. The maximum atomic E-state index is 12.8. The van der Waals surface area contributed by atoms with Crippen molar-refractivity contribution >= 4 is 11.8 Å². The van der Waals surface area contributed by atoms with Gasteiger partial charge in [0.05, 0.1) is 6.54 Å². The average Bonchev–Trinajstić information content (AvgIpc) is 3.29. The first-order valence-corrected chi connectivity index (χ1v) is 10.2. The van der Waals surface area contributed by atoms with E-state index in [-0.39, 0.29) is 11.8 Å². The minimum Gasteiger partial charge on any atom is -0.465 e. The highest BCUT2D eigenvalue weighted by atomic mass is 16.3. The number of hydrogen-bond acceptors (Lipinski definition) is 4. The number of likely N-dealkylation sites (tertiary alicyclic amines) is 1. The molecule has 2 amide bonds. The predicted molar refractivity (Wildman–Crippen MR) is 104 cm³/mol. The zero-order valence-electron chi connectivity index (χ0n) is 16.4. The zero-order valence-corrected chi connectivity index (χ0v) is 16.4. The van der Waals surface area contributed by atoms with Crippen LogP contribution >= 0.6 is 0 Å². The van der Waals surface area contributed by atoms with Crippen LogP contribution in [0.15, 0.2) is 22.6 Å². The van der Waals surface area contributed by atoms with Gasteiger partial charge in [0.15, 0.2) is 0 Å². The number of aromatic nitrogens is 2. The van der Waals surface area contributed by atoms with Gasteiger partial charge >= 0.3 is 0 Å². The number of piperidine rings is 1. The Bertz CT molecular complexity index is 836. The Balaban J connectivity index is 1.22. The van der Waals surface area contributed by atoms with E-state index in [1.54, 1.807) is 0 Å². The van der Waals surface area contributed by atoms with E-state index in [1.807, 2.05) is 30.0 Å². The van der Waals surface area contributed by atoms with Crippen LogP contribution in [0.5, 0.6) is 0 Å². The highest BCUT2D eigenvalue weighted by Crippen LogP contribution is 2.39. The largest absolute Gasteiger partial charge is 0.465 e. The summed E-state index contributed by atoms with van der Waals surface area (Å²) in [5.74, 6) is 2.56. The number of nitrogens with one attached hydrogen (secondary N) is 2. The van der Waals surface area contributed by atoms with Crippen molar-refractivity contribution in [3.63, 3.8) is 0 Å². The molecule has 0 unspecified atom stereocenters. The summed E-state index contributed by atoms with van der Waals surface area (Å²) in [5.41, 5.74) is 1.61. The van der Waals surface area contributed by atoms with Crippen LogP contribution in [-0.4, -0.2) is 40.0 Å². The number of carbonyl (C=O) groups excluding carboxylic acids is 2. The first-order chi connectivity index (χ1) is 13.6. The Labute approximate surface area is 164 Å². The molecule has 1 aliphatic heterocycles. The van der Waals surface area contributed by atoms with Gasteiger partial charge in [-0.1, -0.05) is 0 Å². The van der Waals surface area contributed by atoms with Crippen molar-refractivity contribution in [1.29, 1.82) is 0 Å². The summed E-state index contributed by atoms with van der Waals surface area (Å²) in [6.45, 7) is 3.78. The number of rotatable bonds is 7. The first kappa shape index (κ1) is 18.8. The van der Waals surface area contributed by atoms with Crippen molar-refractivity contribution in [3.05, 3.63) is 41.1 Å². The van der Waals surface area contributed by atoms with Crippen molar-refractivity contribution in [2.24, 2.45) is 5.92 Å². The summed E-state index contributed by atoms with van der Waals surface area (Å²) in [6.07, 6.45) is 5.67. The van der Waals surface area contributed by atoms with E-state index in [2.05, 4.69) is 15.5 Å². The lowest BCUT2D eigenvalue weighted by Gasteiger charge is -2.32. The van der Waals surface area contributed by atoms with E-state index in [0.29, 0.717) is 37.0 Å². The summed E-state index contributed by atoms with van der Waals surface area (Å²) in [7, 11) is 0.